The summed E-state index contributed by atoms with van der Waals surface area (Å²) in [4.78, 5) is 14.2. The van der Waals surface area contributed by atoms with Gasteiger partial charge in [-0.2, -0.15) is 0 Å². The molecule has 1 amide bonds. The van der Waals surface area contributed by atoms with Crippen molar-refractivity contribution in [3.63, 3.8) is 0 Å². The summed E-state index contributed by atoms with van der Waals surface area (Å²) >= 11 is 0. The molecule has 0 spiro atoms. The Morgan fingerprint density at radius 1 is 1.10 bits per heavy atom. The molecule has 1 unspecified atom stereocenters. The second-order valence-corrected chi connectivity index (χ2v) is 6.31. The van der Waals surface area contributed by atoms with Gasteiger partial charge in [0, 0.05) is 25.6 Å². The van der Waals surface area contributed by atoms with Crippen LogP contribution in [-0.2, 0) is 4.79 Å². The molecule has 1 N–H and O–H groups in total. The Morgan fingerprint density at radius 3 is 2.38 bits per heavy atom. The molecule has 1 atom stereocenters. The van der Waals surface area contributed by atoms with Gasteiger partial charge in [0.2, 0.25) is 5.91 Å². The standard InChI is InChI=1S/C18H28N2O/c1-14(2)15-8-10-16(11-9-15)17(19-3)13-20-12-6-4-5-7-18(20)21/h8-11,14,17,19H,4-7,12-13H2,1-3H3. The topological polar surface area (TPSA) is 32.3 Å². The van der Waals surface area contributed by atoms with Crippen LogP contribution in [0.3, 0.4) is 0 Å². The maximum atomic E-state index is 12.1. The largest absolute Gasteiger partial charge is 0.341 e. The fraction of sp³-hybridized carbons (Fsp3) is 0.611. The smallest absolute Gasteiger partial charge is 0.222 e. The lowest BCUT2D eigenvalue weighted by Crippen LogP contribution is -2.37. The fourth-order valence-corrected chi connectivity index (χ4v) is 2.93. The predicted molar refractivity (Wildman–Crippen MR) is 87.4 cm³/mol. The van der Waals surface area contributed by atoms with Gasteiger partial charge in [-0.05, 0) is 36.9 Å². The maximum absolute atomic E-state index is 12.1. The molecule has 1 aliphatic rings. The molecule has 3 heteroatoms. The summed E-state index contributed by atoms with van der Waals surface area (Å²) in [5, 5.41) is 3.36. The highest BCUT2D eigenvalue weighted by atomic mass is 16.2. The van der Waals surface area contributed by atoms with Gasteiger partial charge in [0.1, 0.15) is 0 Å². The minimum absolute atomic E-state index is 0.216. The highest BCUT2D eigenvalue weighted by Crippen LogP contribution is 2.21. The van der Waals surface area contributed by atoms with Crippen molar-refractivity contribution >= 4 is 5.91 Å². The molecule has 1 aliphatic heterocycles. The van der Waals surface area contributed by atoms with Gasteiger partial charge < -0.3 is 10.2 Å². The highest BCUT2D eigenvalue weighted by molar-refractivity contribution is 5.76. The summed E-state index contributed by atoms with van der Waals surface area (Å²) in [5.41, 5.74) is 2.62. The van der Waals surface area contributed by atoms with Crippen LogP contribution < -0.4 is 5.32 Å². The van der Waals surface area contributed by atoms with E-state index in [9.17, 15) is 4.79 Å². The molecule has 1 saturated heterocycles. The third kappa shape index (κ3) is 4.31. The van der Waals surface area contributed by atoms with E-state index in [1.807, 2.05) is 11.9 Å². The Labute approximate surface area is 128 Å². The van der Waals surface area contributed by atoms with Crippen LogP contribution in [-0.4, -0.2) is 30.9 Å². The quantitative estimate of drug-likeness (QED) is 0.899. The van der Waals surface area contributed by atoms with Crippen LogP contribution in [0.2, 0.25) is 0 Å². The van der Waals surface area contributed by atoms with Crippen LogP contribution in [0.25, 0.3) is 0 Å². The lowest BCUT2D eigenvalue weighted by atomic mass is 9.99. The molecule has 1 fully saturated rings. The van der Waals surface area contributed by atoms with E-state index in [2.05, 4.69) is 43.4 Å². The molecule has 116 valence electrons. The first-order chi connectivity index (χ1) is 10.1. The van der Waals surface area contributed by atoms with Crippen LogP contribution in [0.15, 0.2) is 24.3 Å². The number of benzene rings is 1. The number of nitrogens with zero attached hydrogens (tertiary/aromatic N) is 1. The van der Waals surface area contributed by atoms with Crippen LogP contribution in [0, 0.1) is 0 Å². The van der Waals surface area contributed by atoms with E-state index in [1.54, 1.807) is 0 Å². The maximum Gasteiger partial charge on any atom is 0.222 e. The van der Waals surface area contributed by atoms with E-state index < -0.39 is 0 Å². The molecular formula is C18H28N2O. The minimum atomic E-state index is 0.216. The second kappa shape index (κ2) is 7.60. The molecule has 0 radical (unpaired) electrons. The monoisotopic (exact) mass is 288 g/mol. The molecule has 21 heavy (non-hydrogen) atoms. The zero-order valence-electron chi connectivity index (χ0n) is 13.6. The van der Waals surface area contributed by atoms with Crippen LogP contribution in [0.4, 0.5) is 0 Å². The zero-order valence-corrected chi connectivity index (χ0v) is 13.6. The van der Waals surface area contributed by atoms with Crippen molar-refractivity contribution in [3.8, 4) is 0 Å². The van der Waals surface area contributed by atoms with E-state index in [4.69, 9.17) is 0 Å². The van der Waals surface area contributed by atoms with Crippen LogP contribution in [0.5, 0.6) is 0 Å². The Morgan fingerprint density at radius 2 is 1.76 bits per heavy atom. The van der Waals surface area contributed by atoms with Gasteiger partial charge in [-0.25, -0.2) is 0 Å². The van der Waals surface area contributed by atoms with Crippen LogP contribution in [0.1, 0.15) is 62.6 Å². The SMILES string of the molecule is CNC(CN1CCCCCC1=O)c1ccc(C(C)C)cc1. The van der Waals surface area contributed by atoms with Crippen molar-refractivity contribution in [1.82, 2.24) is 10.2 Å². The van der Waals surface area contributed by atoms with E-state index >= 15 is 0 Å². The number of nitrogens with one attached hydrogen (secondary N) is 1. The van der Waals surface area contributed by atoms with E-state index in [-0.39, 0.29) is 6.04 Å². The van der Waals surface area contributed by atoms with Crippen molar-refractivity contribution in [1.29, 1.82) is 0 Å². The summed E-state index contributed by atoms with van der Waals surface area (Å²) in [5.74, 6) is 0.867. The molecule has 0 saturated carbocycles. The van der Waals surface area contributed by atoms with Crippen LogP contribution >= 0.6 is 0 Å². The summed E-state index contributed by atoms with van der Waals surface area (Å²) in [6, 6.07) is 9.01. The fourth-order valence-electron chi connectivity index (χ4n) is 2.93. The van der Waals surface area contributed by atoms with Gasteiger partial charge in [0.15, 0.2) is 0 Å². The molecule has 0 aliphatic carbocycles. The lowest BCUT2D eigenvalue weighted by molar-refractivity contribution is -0.131. The van der Waals surface area contributed by atoms with Crippen molar-refractivity contribution < 1.29 is 4.79 Å². The summed E-state index contributed by atoms with van der Waals surface area (Å²) in [6.45, 7) is 6.10. The summed E-state index contributed by atoms with van der Waals surface area (Å²) < 4.78 is 0. The van der Waals surface area contributed by atoms with Crippen molar-refractivity contribution in [3.05, 3.63) is 35.4 Å². The molecule has 0 aromatic heterocycles. The molecule has 3 nitrogen and oxygen atoms in total. The Bertz CT molecular complexity index is 453. The zero-order chi connectivity index (χ0) is 15.2. The summed E-state index contributed by atoms with van der Waals surface area (Å²) in [7, 11) is 1.98. The molecule has 0 bridgehead atoms. The molecule has 1 aromatic carbocycles. The number of hydrogen-bond acceptors (Lipinski definition) is 2. The van der Waals surface area contributed by atoms with Gasteiger partial charge in [-0.1, -0.05) is 44.5 Å². The molecular weight excluding hydrogens is 260 g/mol. The first kappa shape index (κ1) is 16.0. The van der Waals surface area contributed by atoms with Crippen molar-refractivity contribution in [2.45, 2.75) is 51.5 Å². The molecule has 1 heterocycles. The second-order valence-electron chi connectivity index (χ2n) is 6.31. The van der Waals surface area contributed by atoms with Gasteiger partial charge in [-0.3, -0.25) is 4.79 Å². The normalized spacial score (nSPS) is 17.9. The number of likely N-dealkylation sites (tertiary alicyclic amines) is 1. The Kier molecular flexibility index (Phi) is 5.80. The Hall–Kier alpha value is -1.35. The van der Waals surface area contributed by atoms with Gasteiger partial charge in [-0.15, -0.1) is 0 Å². The average molecular weight is 288 g/mol. The molecule has 1 aromatic rings. The third-order valence-corrected chi connectivity index (χ3v) is 4.43. The minimum Gasteiger partial charge on any atom is -0.341 e. The van der Waals surface area contributed by atoms with Gasteiger partial charge >= 0.3 is 0 Å². The number of likely N-dealkylation sites (N-methyl/N-ethyl adjacent to an activating group) is 1. The van der Waals surface area contributed by atoms with E-state index in [0.29, 0.717) is 18.2 Å². The average Bonchev–Trinajstić information content (AvgIpc) is 2.69. The number of rotatable bonds is 5. The number of hydrogen-bond donors (Lipinski definition) is 1. The summed E-state index contributed by atoms with van der Waals surface area (Å²) in [6.07, 6.45) is 4.06. The van der Waals surface area contributed by atoms with Crippen molar-refractivity contribution in [2.24, 2.45) is 0 Å². The van der Waals surface area contributed by atoms with Gasteiger partial charge in [0.25, 0.3) is 0 Å². The third-order valence-electron chi connectivity index (χ3n) is 4.43. The van der Waals surface area contributed by atoms with E-state index in [0.717, 1.165) is 25.9 Å². The number of carbonyl (C=O) groups is 1. The first-order valence-corrected chi connectivity index (χ1v) is 8.16. The molecule has 2 rings (SSSR count). The first-order valence-electron chi connectivity index (χ1n) is 8.16. The number of carbonyl (C=O) groups excluding carboxylic acids is 1. The number of amides is 1. The lowest BCUT2D eigenvalue weighted by Gasteiger charge is -2.27. The highest BCUT2D eigenvalue weighted by Gasteiger charge is 2.20. The van der Waals surface area contributed by atoms with E-state index in [1.165, 1.54) is 17.5 Å². The Balaban J connectivity index is 2.06. The van der Waals surface area contributed by atoms with Gasteiger partial charge in [0.05, 0.1) is 0 Å². The predicted octanol–water partition coefficient (Wildman–Crippen LogP) is 3.47. The van der Waals surface area contributed by atoms with Crippen molar-refractivity contribution in [2.75, 3.05) is 20.1 Å².